The average Bonchev–Trinajstić information content (AvgIpc) is 2.61. The van der Waals surface area contributed by atoms with E-state index >= 15 is 0 Å². The first kappa shape index (κ1) is 18.0. The van der Waals surface area contributed by atoms with Crippen LogP contribution in [0.5, 0.6) is 5.75 Å². The van der Waals surface area contributed by atoms with Gasteiger partial charge in [0.05, 0.1) is 6.61 Å². The number of rotatable bonds is 6. The summed E-state index contributed by atoms with van der Waals surface area (Å²) in [5.74, 6) is -0.487. The van der Waals surface area contributed by atoms with Crippen molar-refractivity contribution < 1.29 is 23.9 Å². The summed E-state index contributed by atoms with van der Waals surface area (Å²) in [6, 6.07) is 12.7. The number of hydrogen-bond donors (Lipinski definition) is 2. The molecule has 0 aromatic heterocycles. The number of hydrogen-bond acceptors (Lipinski definition) is 5. The number of primary amides is 1. The second-order valence-corrected chi connectivity index (χ2v) is 5.05. The van der Waals surface area contributed by atoms with Crippen LogP contribution in [-0.2, 0) is 11.3 Å². The molecule has 0 saturated heterocycles. The highest BCUT2D eigenvalue weighted by Crippen LogP contribution is 2.13. The van der Waals surface area contributed by atoms with Gasteiger partial charge in [-0.1, -0.05) is 12.1 Å². The first-order valence-electron chi connectivity index (χ1n) is 7.61. The van der Waals surface area contributed by atoms with Crippen molar-refractivity contribution in [3.05, 3.63) is 65.2 Å². The van der Waals surface area contributed by atoms with Crippen LogP contribution in [0.2, 0.25) is 0 Å². The third-order valence-electron chi connectivity index (χ3n) is 3.27. The first-order valence-corrected chi connectivity index (χ1v) is 7.61. The monoisotopic (exact) mass is 342 g/mol. The smallest absolute Gasteiger partial charge is 0.434 e. The van der Waals surface area contributed by atoms with Gasteiger partial charge in [0.15, 0.2) is 0 Å². The Morgan fingerprint density at radius 1 is 0.960 bits per heavy atom. The molecule has 0 atom stereocenters. The molecule has 2 rings (SSSR count). The predicted octanol–water partition coefficient (Wildman–Crippen LogP) is 2.25. The van der Waals surface area contributed by atoms with Crippen molar-refractivity contribution in [3.8, 4) is 5.75 Å². The molecule has 0 aliphatic heterocycles. The van der Waals surface area contributed by atoms with E-state index in [-0.39, 0.29) is 18.3 Å². The molecule has 0 aliphatic rings. The van der Waals surface area contributed by atoms with Gasteiger partial charge in [-0.05, 0) is 48.9 Å². The van der Waals surface area contributed by atoms with Crippen LogP contribution in [0.4, 0.5) is 4.79 Å². The molecule has 7 nitrogen and oxygen atoms in total. The number of carbonyl (C=O) groups excluding carboxylic acids is 3. The summed E-state index contributed by atoms with van der Waals surface area (Å²) < 4.78 is 9.58. The van der Waals surface area contributed by atoms with Crippen LogP contribution in [0.3, 0.4) is 0 Å². The van der Waals surface area contributed by atoms with Gasteiger partial charge in [-0.15, -0.1) is 0 Å². The highest BCUT2D eigenvalue weighted by atomic mass is 16.7. The third-order valence-corrected chi connectivity index (χ3v) is 3.27. The van der Waals surface area contributed by atoms with Crippen LogP contribution in [-0.4, -0.2) is 24.6 Å². The summed E-state index contributed by atoms with van der Waals surface area (Å²) in [6.07, 6.45) is -0.792. The Bertz CT molecular complexity index is 754. The summed E-state index contributed by atoms with van der Waals surface area (Å²) >= 11 is 0. The second kappa shape index (κ2) is 8.49. The molecule has 130 valence electrons. The summed E-state index contributed by atoms with van der Waals surface area (Å²) in [4.78, 5) is 34.3. The van der Waals surface area contributed by atoms with Crippen LogP contribution in [0.25, 0.3) is 0 Å². The van der Waals surface area contributed by atoms with Crippen LogP contribution in [0.1, 0.15) is 33.2 Å². The van der Waals surface area contributed by atoms with Crippen molar-refractivity contribution in [2.45, 2.75) is 13.5 Å². The minimum atomic E-state index is -0.792. The van der Waals surface area contributed by atoms with Gasteiger partial charge >= 0.3 is 6.16 Å². The van der Waals surface area contributed by atoms with Crippen molar-refractivity contribution in [2.75, 3.05) is 6.61 Å². The summed E-state index contributed by atoms with van der Waals surface area (Å²) in [5, 5.41) is 2.76. The van der Waals surface area contributed by atoms with Crippen molar-refractivity contribution in [2.24, 2.45) is 5.73 Å². The SMILES string of the molecule is CCOC(=O)Oc1ccc(C(=O)NCc2ccc(C(N)=O)cc2)cc1. The van der Waals surface area contributed by atoms with E-state index in [0.717, 1.165) is 5.56 Å². The highest BCUT2D eigenvalue weighted by Gasteiger charge is 2.08. The maximum absolute atomic E-state index is 12.1. The number of ether oxygens (including phenoxy) is 2. The fourth-order valence-electron chi connectivity index (χ4n) is 1.99. The lowest BCUT2D eigenvalue weighted by atomic mass is 10.1. The molecule has 0 aliphatic carbocycles. The van der Waals surface area contributed by atoms with Gasteiger partial charge in [0.25, 0.3) is 5.91 Å². The lowest BCUT2D eigenvalue weighted by Gasteiger charge is -2.07. The van der Waals surface area contributed by atoms with E-state index in [1.165, 1.54) is 12.1 Å². The lowest BCUT2D eigenvalue weighted by molar-refractivity contribution is 0.0949. The normalized spacial score (nSPS) is 9.96. The van der Waals surface area contributed by atoms with Gasteiger partial charge in [-0.2, -0.15) is 0 Å². The van der Waals surface area contributed by atoms with Crippen LogP contribution >= 0.6 is 0 Å². The molecular formula is C18H18N2O5. The topological polar surface area (TPSA) is 108 Å². The van der Waals surface area contributed by atoms with Gasteiger partial charge < -0.3 is 20.5 Å². The van der Waals surface area contributed by atoms with Crippen molar-refractivity contribution in [1.29, 1.82) is 0 Å². The quantitative estimate of drug-likeness (QED) is 0.618. The number of carbonyl (C=O) groups is 3. The molecule has 0 fully saturated rings. The van der Waals surface area contributed by atoms with Gasteiger partial charge in [-0.3, -0.25) is 9.59 Å². The maximum Gasteiger partial charge on any atom is 0.513 e. The van der Waals surface area contributed by atoms with E-state index in [2.05, 4.69) is 10.1 Å². The highest BCUT2D eigenvalue weighted by molar-refractivity contribution is 5.94. The maximum atomic E-state index is 12.1. The molecular weight excluding hydrogens is 324 g/mol. The molecule has 0 saturated carbocycles. The Morgan fingerprint density at radius 3 is 2.12 bits per heavy atom. The van der Waals surface area contributed by atoms with Gasteiger partial charge in [-0.25, -0.2) is 4.79 Å². The molecule has 0 radical (unpaired) electrons. The molecule has 0 bridgehead atoms. The lowest BCUT2D eigenvalue weighted by Crippen LogP contribution is -2.22. The molecule has 0 heterocycles. The van der Waals surface area contributed by atoms with E-state index in [1.54, 1.807) is 43.3 Å². The predicted molar refractivity (Wildman–Crippen MR) is 90.2 cm³/mol. The van der Waals surface area contributed by atoms with E-state index in [0.29, 0.717) is 17.7 Å². The van der Waals surface area contributed by atoms with Crippen molar-refractivity contribution in [1.82, 2.24) is 5.32 Å². The van der Waals surface area contributed by atoms with Gasteiger partial charge in [0.2, 0.25) is 5.91 Å². The minimum Gasteiger partial charge on any atom is -0.434 e. The molecule has 2 aromatic rings. The largest absolute Gasteiger partial charge is 0.513 e. The zero-order valence-electron chi connectivity index (χ0n) is 13.7. The van der Waals surface area contributed by atoms with Crippen LogP contribution in [0, 0.1) is 0 Å². The third kappa shape index (κ3) is 5.35. The Kier molecular flexibility index (Phi) is 6.11. The first-order chi connectivity index (χ1) is 12.0. The fraction of sp³-hybridized carbons (Fsp3) is 0.167. The molecule has 2 amide bonds. The molecule has 2 aromatic carbocycles. The molecule has 25 heavy (non-hydrogen) atoms. The standard InChI is InChI=1S/C18H18N2O5/c1-2-24-18(23)25-15-9-7-14(8-10-15)17(22)20-11-12-3-5-13(6-4-12)16(19)21/h3-10H,2,11H2,1H3,(H2,19,21)(H,20,22). The van der Waals surface area contributed by atoms with E-state index in [4.69, 9.17) is 10.5 Å². The van der Waals surface area contributed by atoms with Crippen LogP contribution in [0.15, 0.2) is 48.5 Å². The van der Waals surface area contributed by atoms with E-state index in [1.807, 2.05) is 0 Å². The summed E-state index contributed by atoms with van der Waals surface area (Å²) in [7, 11) is 0. The number of amides is 2. The Morgan fingerprint density at radius 2 is 1.56 bits per heavy atom. The summed E-state index contributed by atoms with van der Waals surface area (Å²) in [6.45, 7) is 2.20. The fourth-order valence-corrected chi connectivity index (χ4v) is 1.99. The van der Waals surface area contributed by atoms with Crippen molar-refractivity contribution >= 4 is 18.0 Å². The number of benzene rings is 2. The molecule has 0 spiro atoms. The number of nitrogens with two attached hydrogens (primary N) is 1. The average molecular weight is 342 g/mol. The Hall–Kier alpha value is -3.35. The second-order valence-electron chi connectivity index (χ2n) is 5.05. The minimum absolute atomic E-state index is 0.222. The van der Waals surface area contributed by atoms with Gasteiger partial charge in [0.1, 0.15) is 5.75 Å². The van der Waals surface area contributed by atoms with E-state index in [9.17, 15) is 14.4 Å². The Labute approximate surface area is 144 Å². The van der Waals surface area contributed by atoms with Crippen LogP contribution < -0.4 is 15.8 Å². The van der Waals surface area contributed by atoms with Crippen molar-refractivity contribution in [3.63, 3.8) is 0 Å². The number of nitrogens with one attached hydrogen (secondary N) is 1. The zero-order valence-corrected chi connectivity index (χ0v) is 13.7. The molecule has 3 N–H and O–H groups in total. The van der Waals surface area contributed by atoms with E-state index < -0.39 is 12.1 Å². The Balaban J connectivity index is 1.90. The van der Waals surface area contributed by atoms with Gasteiger partial charge in [0, 0.05) is 17.7 Å². The summed E-state index contributed by atoms with van der Waals surface area (Å²) in [5.41, 5.74) is 6.84. The molecule has 0 unspecified atom stereocenters. The zero-order chi connectivity index (χ0) is 18.2. The molecule has 7 heteroatoms.